The molecular formula is C14H12BrN3O2S. The molecule has 0 saturated heterocycles. The standard InChI is InChI=1S/C14H12BrN3O2S/c1-10-13(5-6-14(15)17-10)18-21(19,20)9-12-4-2-3-11(7-12)8-16/h2-7,18H,9H2,1H3. The highest BCUT2D eigenvalue weighted by Crippen LogP contribution is 2.19. The minimum absolute atomic E-state index is 0.196. The van der Waals surface area contributed by atoms with E-state index >= 15 is 0 Å². The number of hydrogen-bond acceptors (Lipinski definition) is 4. The Hall–Kier alpha value is -1.91. The summed E-state index contributed by atoms with van der Waals surface area (Å²) in [5.41, 5.74) is 2.02. The van der Waals surface area contributed by atoms with Gasteiger partial charge in [0.2, 0.25) is 10.0 Å². The molecular weight excluding hydrogens is 354 g/mol. The molecule has 1 heterocycles. The zero-order chi connectivity index (χ0) is 15.5. The highest BCUT2D eigenvalue weighted by molar-refractivity contribution is 9.10. The quantitative estimate of drug-likeness (QED) is 0.844. The van der Waals surface area contributed by atoms with Crippen molar-refractivity contribution < 1.29 is 8.42 Å². The number of rotatable bonds is 4. The first kappa shape index (κ1) is 15.5. The smallest absolute Gasteiger partial charge is 0.236 e. The lowest BCUT2D eigenvalue weighted by Gasteiger charge is -2.10. The van der Waals surface area contributed by atoms with Crippen LogP contribution in [-0.4, -0.2) is 13.4 Å². The van der Waals surface area contributed by atoms with E-state index in [1.807, 2.05) is 6.07 Å². The first-order chi connectivity index (χ1) is 9.89. The number of aryl methyl sites for hydroxylation is 1. The summed E-state index contributed by atoms with van der Waals surface area (Å²) in [6.07, 6.45) is 0. The van der Waals surface area contributed by atoms with E-state index < -0.39 is 10.0 Å². The number of benzene rings is 1. The van der Waals surface area contributed by atoms with Gasteiger partial charge in [-0.2, -0.15) is 5.26 Å². The molecule has 0 spiro atoms. The molecule has 2 aromatic rings. The van der Waals surface area contributed by atoms with Gasteiger partial charge in [-0.1, -0.05) is 12.1 Å². The molecule has 0 saturated carbocycles. The summed E-state index contributed by atoms with van der Waals surface area (Å²) in [5, 5.41) is 8.83. The van der Waals surface area contributed by atoms with Gasteiger partial charge in [-0.25, -0.2) is 13.4 Å². The lowest BCUT2D eigenvalue weighted by molar-refractivity contribution is 0.600. The third-order valence-corrected chi connectivity index (χ3v) is 4.42. The van der Waals surface area contributed by atoms with Crippen molar-refractivity contribution in [3.8, 4) is 6.07 Å². The van der Waals surface area contributed by atoms with E-state index in [0.717, 1.165) is 0 Å². The Bertz CT molecular complexity index is 813. The number of nitrogens with zero attached hydrogens (tertiary/aromatic N) is 2. The summed E-state index contributed by atoms with van der Waals surface area (Å²) in [5.74, 6) is -0.196. The molecule has 0 bridgehead atoms. The molecule has 0 aliphatic heterocycles. The van der Waals surface area contributed by atoms with E-state index in [-0.39, 0.29) is 5.75 Å². The third-order valence-electron chi connectivity index (χ3n) is 2.73. The van der Waals surface area contributed by atoms with Gasteiger partial charge in [-0.05, 0) is 52.7 Å². The first-order valence-corrected chi connectivity index (χ1v) is 8.47. The maximum absolute atomic E-state index is 12.2. The Balaban J connectivity index is 2.20. The zero-order valence-corrected chi connectivity index (χ0v) is 13.6. The molecule has 1 aromatic heterocycles. The van der Waals surface area contributed by atoms with Crippen LogP contribution in [-0.2, 0) is 15.8 Å². The Morgan fingerprint density at radius 2 is 2.10 bits per heavy atom. The van der Waals surface area contributed by atoms with Gasteiger partial charge in [0, 0.05) is 0 Å². The second-order valence-electron chi connectivity index (χ2n) is 4.44. The van der Waals surface area contributed by atoms with Gasteiger partial charge in [-0.15, -0.1) is 0 Å². The number of pyridine rings is 1. The molecule has 7 heteroatoms. The van der Waals surface area contributed by atoms with E-state index in [1.54, 1.807) is 43.3 Å². The minimum Gasteiger partial charge on any atom is -0.281 e. The Kier molecular flexibility index (Phi) is 4.60. The van der Waals surface area contributed by atoms with Crippen molar-refractivity contribution >= 4 is 31.6 Å². The van der Waals surface area contributed by atoms with Crippen LogP contribution in [0.1, 0.15) is 16.8 Å². The number of sulfonamides is 1. The van der Waals surface area contributed by atoms with Crippen LogP contribution < -0.4 is 4.72 Å². The monoisotopic (exact) mass is 365 g/mol. The number of anilines is 1. The maximum atomic E-state index is 12.2. The van der Waals surface area contributed by atoms with Gasteiger partial charge in [0.15, 0.2) is 0 Å². The molecule has 2 rings (SSSR count). The fourth-order valence-electron chi connectivity index (χ4n) is 1.79. The van der Waals surface area contributed by atoms with Crippen LogP contribution in [0, 0.1) is 18.3 Å². The molecule has 0 aliphatic carbocycles. The van der Waals surface area contributed by atoms with E-state index in [0.29, 0.717) is 27.1 Å². The summed E-state index contributed by atoms with van der Waals surface area (Å²) >= 11 is 3.23. The average Bonchev–Trinajstić information content (AvgIpc) is 2.41. The fraction of sp³-hybridized carbons (Fsp3) is 0.143. The van der Waals surface area contributed by atoms with Crippen molar-refractivity contribution in [1.82, 2.24) is 4.98 Å². The number of halogens is 1. The number of hydrogen-bond donors (Lipinski definition) is 1. The number of nitrogens with one attached hydrogen (secondary N) is 1. The molecule has 0 atom stereocenters. The first-order valence-electron chi connectivity index (χ1n) is 6.02. The molecule has 108 valence electrons. The molecule has 0 unspecified atom stereocenters. The van der Waals surface area contributed by atoms with Gasteiger partial charge >= 0.3 is 0 Å². The van der Waals surface area contributed by atoms with E-state index in [9.17, 15) is 8.42 Å². The van der Waals surface area contributed by atoms with Gasteiger partial charge in [0.25, 0.3) is 0 Å². The van der Waals surface area contributed by atoms with Gasteiger partial charge in [-0.3, -0.25) is 4.72 Å². The molecule has 0 amide bonds. The van der Waals surface area contributed by atoms with Crippen LogP contribution in [0.4, 0.5) is 5.69 Å². The molecule has 21 heavy (non-hydrogen) atoms. The topological polar surface area (TPSA) is 82.8 Å². The van der Waals surface area contributed by atoms with Crippen molar-refractivity contribution in [3.05, 3.63) is 57.8 Å². The van der Waals surface area contributed by atoms with Crippen molar-refractivity contribution in [3.63, 3.8) is 0 Å². The van der Waals surface area contributed by atoms with Crippen LogP contribution in [0.15, 0.2) is 41.0 Å². The fourth-order valence-corrected chi connectivity index (χ4v) is 3.43. The predicted octanol–water partition coefficient (Wildman–Crippen LogP) is 2.97. The van der Waals surface area contributed by atoms with Crippen molar-refractivity contribution in [1.29, 1.82) is 5.26 Å². The van der Waals surface area contributed by atoms with Crippen LogP contribution in [0.3, 0.4) is 0 Å². The molecule has 0 fully saturated rings. The Morgan fingerprint density at radius 1 is 1.33 bits per heavy atom. The summed E-state index contributed by atoms with van der Waals surface area (Å²) in [7, 11) is -3.56. The van der Waals surface area contributed by atoms with Crippen LogP contribution >= 0.6 is 15.9 Å². The zero-order valence-electron chi connectivity index (χ0n) is 11.2. The number of nitriles is 1. The molecule has 0 aliphatic rings. The molecule has 5 nitrogen and oxygen atoms in total. The van der Waals surface area contributed by atoms with Gasteiger partial charge < -0.3 is 0 Å². The molecule has 1 N–H and O–H groups in total. The second-order valence-corrected chi connectivity index (χ2v) is 6.98. The normalized spacial score (nSPS) is 10.9. The van der Waals surface area contributed by atoms with Crippen LogP contribution in [0.2, 0.25) is 0 Å². The highest BCUT2D eigenvalue weighted by Gasteiger charge is 2.14. The minimum atomic E-state index is -3.56. The van der Waals surface area contributed by atoms with Crippen LogP contribution in [0.5, 0.6) is 0 Å². The summed E-state index contributed by atoms with van der Waals surface area (Å²) < 4.78 is 27.5. The Labute approximate surface area is 131 Å². The highest BCUT2D eigenvalue weighted by atomic mass is 79.9. The lowest BCUT2D eigenvalue weighted by atomic mass is 10.2. The summed E-state index contributed by atoms with van der Waals surface area (Å²) in [4.78, 5) is 4.14. The second kappa shape index (κ2) is 6.24. The van der Waals surface area contributed by atoms with Crippen LogP contribution in [0.25, 0.3) is 0 Å². The van der Waals surface area contributed by atoms with E-state index in [2.05, 4.69) is 25.6 Å². The SMILES string of the molecule is Cc1nc(Br)ccc1NS(=O)(=O)Cc1cccc(C#N)c1. The largest absolute Gasteiger partial charge is 0.281 e. The maximum Gasteiger partial charge on any atom is 0.236 e. The Morgan fingerprint density at radius 3 is 2.76 bits per heavy atom. The van der Waals surface area contributed by atoms with Crippen molar-refractivity contribution in [2.24, 2.45) is 0 Å². The molecule has 1 aromatic carbocycles. The third kappa shape index (κ3) is 4.28. The van der Waals surface area contributed by atoms with Crippen molar-refractivity contribution in [2.45, 2.75) is 12.7 Å². The van der Waals surface area contributed by atoms with Crippen molar-refractivity contribution in [2.75, 3.05) is 4.72 Å². The van der Waals surface area contributed by atoms with E-state index in [1.165, 1.54) is 0 Å². The summed E-state index contributed by atoms with van der Waals surface area (Å²) in [6, 6.07) is 11.8. The predicted molar refractivity (Wildman–Crippen MR) is 84.1 cm³/mol. The van der Waals surface area contributed by atoms with Gasteiger partial charge in [0.1, 0.15) is 4.60 Å². The van der Waals surface area contributed by atoms with E-state index in [4.69, 9.17) is 5.26 Å². The van der Waals surface area contributed by atoms with Gasteiger partial charge in [0.05, 0.1) is 28.8 Å². The summed E-state index contributed by atoms with van der Waals surface area (Å²) in [6.45, 7) is 1.72. The average molecular weight is 366 g/mol. The lowest BCUT2D eigenvalue weighted by Crippen LogP contribution is -2.16. The molecule has 0 radical (unpaired) electrons. The number of aromatic nitrogens is 1.